The van der Waals surface area contributed by atoms with Crippen LogP contribution in [0.2, 0.25) is 5.02 Å². The number of carbonyl (C=O) groups is 1. The van der Waals surface area contributed by atoms with E-state index >= 15 is 0 Å². The Morgan fingerprint density at radius 2 is 2.05 bits per heavy atom. The average Bonchev–Trinajstić information content (AvgIpc) is 2.90. The molecular weight excluding hydrogens is 553 g/mol. The zero-order valence-corrected chi connectivity index (χ0v) is 23.0. The number of aromatic nitrogens is 1. The lowest BCUT2D eigenvalue weighted by atomic mass is 9.79. The summed E-state index contributed by atoms with van der Waals surface area (Å²) >= 11 is 7.47. The van der Waals surface area contributed by atoms with Crippen molar-refractivity contribution >= 4 is 40.2 Å². The summed E-state index contributed by atoms with van der Waals surface area (Å²) < 4.78 is 46.2. The highest BCUT2D eigenvalue weighted by atomic mass is 35.5. The van der Waals surface area contributed by atoms with E-state index in [4.69, 9.17) is 16.3 Å². The number of nitrogens with zero attached hydrogens (tertiary/aromatic N) is 2. The van der Waals surface area contributed by atoms with Crippen LogP contribution in [-0.4, -0.2) is 58.6 Å². The van der Waals surface area contributed by atoms with Crippen molar-refractivity contribution in [1.82, 2.24) is 9.88 Å². The Balaban J connectivity index is 1.38. The lowest BCUT2D eigenvalue weighted by molar-refractivity contribution is -0.139. The van der Waals surface area contributed by atoms with Gasteiger partial charge in [-0.3, -0.25) is 9.78 Å². The molecular formula is C28H30ClF3N2O4S. The number of ether oxygens (including phenoxy) is 1. The number of carboxylic acid groups (broad SMARTS) is 1. The van der Waals surface area contributed by atoms with Gasteiger partial charge >= 0.3 is 5.97 Å². The monoisotopic (exact) mass is 582 g/mol. The summed E-state index contributed by atoms with van der Waals surface area (Å²) in [5.74, 6) is -3.05. The number of thioether (sulfide) groups is 1. The molecule has 0 amide bonds. The molecule has 39 heavy (non-hydrogen) atoms. The largest absolute Gasteiger partial charge is 0.497 e. The predicted octanol–water partition coefficient (Wildman–Crippen LogP) is 6.33. The van der Waals surface area contributed by atoms with Gasteiger partial charge in [-0.25, -0.2) is 13.2 Å². The van der Waals surface area contributed by atoms with Crippen LogP contribution in [0.3, 0.4) is 0 Å². The van der Waals surface area contributed by atoms with Crippen LogP contribution in [0.4, 0.5) is 13.2 Å². The number of aliphatic carboxylic acids is 1. The first-order valence-corrected chi connectivity index (χ1v) is 14.0. The van der Waals surface area contributed by atoms with Crippen LogP contribution in [-0.2, 0) is 4.79 Å². The highest BCUT2D eigenvalue weighted by molar-refractivity contribution is 7.99. The van der Waals surface area contributed by atoms with E-state index in [9.17, 15) is 28.2 Å². The Morgan fingerprint density at radius 3 is 2.79 bits per heavy atom. The first-order chi connectivity index (χ1) is 18.7. The molecule has 0 saturated carbocycles. The number of rotatable bonds is 11. The first-order valence-electron chi connectivity index (χ1n) is 12.7. The van der Waals surface area contributed by atoms with Crippen LogP contribution in [0, 0.1) is 29.3 Å². The molecule has 2 unspecified atom stereocenters. The summed E-state index contributed by atoms with van der Waals surface area (Å²) in [6.45, 7) is 1.76. The van der Waals surface area contributed by atoms with Crippen LogP contribution in [0.25, 0.3) is 10.9 Å². The van der Waals surface area contributed by atoms with Crippen LogP contribution in [0.1, 0.15) is 37.4 Å². The molecule has 0 bridgehead atoms. The highest BCUT2D eigenvalue weighted by Gasteiger charge is 2.31. The Bertz CT molecular complexity index is 1330. The minimum Gasteiger partial charge on any atom is -0.497 e. The van der Waals surface area contributed by atoms with Gasteiger partial charge in [0.1, 0.15) is 11.6 Å². The molecule has 2 aromatic carbocycles. The molecule has 1 aliphatic rings. The number of fused-ring (bicyclic) bond motifs is 1. The van der Waals surface area contributed by atoms with E-state index in [0.717, 1.165) is 24.2 Å². The predicted molar refractivity (Wildman–Crippen MR) is 145 cm³/mol. The Morgan fingerprint density at radius 1 is 1.26 bits per heavy atom. The molecule has 0 radical (unpaired) electrons. The van der Waals surface area contributed by atoms with Crippen LogP contribution in [0.15, 0.2) is 41.4 Å². The quantitative estimate of drug-likeness (QED) is 0.202. The average molecular weight is 583 g/mol. The van der Waals surface area contributed by atoms with Gasteiger partial charge in [-0.15, -0.1) is 11.8 Å². The maximum atomic E-state index is 13.9. The molecule has 0 spiro atoms. The third-order valence-corrected chi connectivity index (χ3v) is 8.55. The second-order valence-corrected chi connectivity index (χ2v) is 11.3. The number of likely N-dealkylation sites (tertiary alicyclic amines) is 1. The topological polar surface area (TPSA) is 82.9 Å². The zero-order chi connectivity index (χ0) is 28.1. The molecule has 3 aromatic rings. The molecule has 1 aliphatic heterocycles. The minimum atomic E-state index is -1.22. The van der Waals surface area contributed by atoms with Gasteiger partial charge in [0.05, 0.1) is 23.8 Å². The Kier molecular flexibility index (Phi) is 9.98. The highest BCUT2D eigenvalue weighted by Crippen LogP contribution is 2.37. The molecule has 1 fully saturated rings. The second-order valence-electron chi connectivity index (χ2n) is 9.75. The van der Waals surface area contributed by atoms with Crippen molar-refractivity contribution in [1.29, 1.82) is 0 Å². The number of halogens is 4. The SMILES string of the molecule is COc1ccc2ncc(Cl)c([C@H](O)CCC3CCN(CCSc4cc(F)cc(F)c4F)CC3CC(=O)O)c2c1. The van der Waals surface area contributed by atoms with Crippen molar-refractivity contribution in [2.24, 2.45) is 11.8 Å². The van der Waals surface area contributed by atoms with E-state index < -0.39 is 29.5 Å². The lowest BCUT2D eigenvalue weighted by Gasteiger charge is -2.38. The van der Waals surface area contributed by atoms with Crippen molar-refractivity contribution in [2.45, 2.75) is 36.7 Å². The fraction of sp³-hybridized carbons (Fsp3) is 0.429. The van der Waals surface area contributed by atoms with E-state index in [-0.39, 0.29) is 23.2 Å². The van der Waals surface area contributed by atoms with Gasteiger partial charge in [0.25, 0.3) is 0 Å². The van der Waals surface area contributed by atoms with Crippen molar-refractivity contribution < 1.29 is 32.9 Å². The fourth-order valence-corrected chi connectivity index (χ4v) is 6.53. The lowest BCUT2D eigenvalue weighted by Crippen LogP contribution is -2.42. The summed E-state index contributed by atoms with van der Waals surface area (Å²) in [6.07, 6.45) is 2.39. The molecule has 2 heterocycles. The van der Waals surface area contributed by atoms with E-state index in [1.807, 2.05) is 0 Å². The van der Waals surface area contributed by atoms with Crippen LogP contribution < -0.4 is 4.74 Å². The van der Waals surface area contributed by atoms with Gasteiger partial charge in [-0.1, -0.05) is 11.6 Å². The van der Waals surface area contributed by atoms with E-state index in [1.54, 1.807) is 25.3 Å². The molecule has 1 aromatic heterocycles. The standard InChI is InChI=1S/C28H30ClF3N2O4S/c1-38-19-3-4-23-20(13-19)27(21(29)14-33-23)24(35)5-2-16-6-7-34(15-17(16)10-26(36)37)8-9-39-25-12-18(30)11-22(31)28(25)32/h3-4,11-14,16-17,24,35H,2,5-10,15H2,1H3,(H,36,37)/t16?,17?,24-/m1/s1. The maximum Gasteiger partial charge on any atom is 0.303 e. The van der Waals surface area contributed by atoms with E-state index in [1.165, 1.54) is 6.20 Å². The Hall–Kier alpha value is -2.53. The summed E-state index contributed by atoms with van der Waals surface area (Å²) in [5.41, 5.74) is 1.26. The summed E-state index contributed by atoms with van der Waals surface area (Å²) in [5, 5.41) is 21.7. The maximum absolute atomic E-state index is 13.9. The van der Waals surface area contributed by atoms with Gasteiger partial charge in [0, 0.05) is 53.4 Å². The summed E-state index contributed by atoms with van der Waals surface area (Å²) in [4.78, 5) is 18.0. The van der Waals surface area contributed by atoms with E-state index in [2.05, 4.69) is 9.88 Å². The molecule has 2 N–H and O–H groups in total. The van der Waals surface area contributed by atoms with Crippen molar-refractivity contribution in [3.63, 3.8) is 0 Å². The molecule has 3 atom stereocenters. The number of aliphatic hydroxyl groups excluding tert-OH is 1. The van der Waals surface area contributed by atoms with Gasteiger partial charge in [0.2, 0.25) is 0 Å². The van der Waals surface area contributed by atoms with Crippen molar-refractivity contribution in [3.05, 3.63) is 64.6 Å². The number of carboxylic acids is 1. The van der Waals surface area contributed by atoms with Gasteiger partial charge in [-0.2, -0.15) is 0 Å². The normalized spacial score (nSPS) is 18.8. The van der Waals surface area contributed by atoms with Crippen molar-refractivity contribution in [3.8, 4) is 5.75 Å². The molecule has 4 rings (SSSR count). The van der Waals surface area contributed by atoms with Gasteiger partial charge in [0.15, 0.2) is 11.6 Å². The smallest absolute Gasteiger partial charge is 0.303 e. The van der Waals surface area contributed by atoms with Crippen LogP contribution >= 0.6 is 23.4 Å². The third-order valence-electron chi connectivity index (χ3n) is 7.25. The van der Waals surface area contributed by atoms with Gasteiger partial charge < -0.3 is 19.8 Å². The number of hydrogen-bond donors (Lipinski definition) is 2. The first kappa shape index (κ1) is 29.5. The minimum absolute atomic E-state index is 0.00964. The van der Waals surface area contributed by atoms with Crippen LogP contribution in [0.5, 0.6) is 5.75 Å². The number of methoxy groups -OCH3 is 1. The number of hydrogen-bond acceptors (Lipinski definition) is 6. The second kappa shape index (κ2) is 13.2. The number of benzene rings is 2. The molecule has 1 saturated heterocycles. The van der Waals surface area contributed by atoms with E-state index in [0.29, 0.717) is 71.5 Å². The molecule has 0 aliphatic carbocycles. The summed E-state index contributed by atoms with van der Waals surface area (Å²) in [6, 6.07) is 6.87. The molecule has 11 heteroatoms. The molecule has 6 nitrogen and oxygen atoms in total. The molecule has 210 valence electrons. The zero-order valence-electron chi connectivity index (χ0n) is 21.4. The Labute approximate surface area is 234 Å². The number of aliphatic hydroxyl groups is 1. The third kappa shape index (κ3) is 7.36. The number of pyridine rings is 1. The summed E-state index contributed by atoms with van der Waals surface area (Å²) in [7, 11) is 1.56. The van der Waals surface area contributed by atoms with Gasteiger partial charge in [-0.05, 0) is 61.9 Å². The fourth-order valence-electron chi connectivity index (χ4n) is 5.27. The van der Waals surface area contributed by atoms with Crippen molar-refractivity contribution in [2.75, 3.05) is 32.5 Å². The number of piperidine rings is 1.